The zero-order valence-corrected chi connectivity index (χ0v) is 13.8. The molecule has 25 heavy (non-hydrogen) atoms. The Labute approximate surface area is 144 Å². The van der Waals surface area contributed by atoms with Crippen molar-refractivity contribution < 1.29 is 24.7 Å². The van der Waals surface area contributed by atoms with E-state index < -0.39 is 35.0 Å². The normalized spacial score (nSPS) is 23.4. The van der Waals surface area contributed by atoms with E-state index in [1.54, 1.807) is 4.90 Å². The largest absolute Gasteiger partial charge is 0.480 e. The lowest BCUT2D eigenvalue weighted by Crippen LogP contribution is -2.59. The maximum atomic E-state index is 12.5. The second-order valence-electron chi connectivity index (χ2n) is 5.98. The average Bonchev–Trinajstić information content (AvgIpc) is 2.91. The number of nitro benzene ring substituents is 1. The molecule has 1 aromatic rings. The Morgan fingerprint density at radius 1 is 1.40 bits per heavy atom. The SMILES string of the molecule is CCCN1CCC(c2ccc([N+](=O)[O-])cc2)[C@@]1(O)C(=O)NCC(=O)O. The number of benzene rings is 1. The van der Waals surface area contributed by atoms with Crippen LogP contribution in [0.1, 0.15) is 31.2 Å². The summed E-state index contributed by atoms with van der Waals surface area (Å²) in [6.07, 6.45) is 1.19. The highest BCUT2D eigenvalue weighted by atomic mass is 16.6. The minimum absolute atomic E-state index is 0.0778. The second-order valence-corrected chi connectivity index (χ2v) is 5.98. The number of carbonyl (C=O) groups excluding carboxylic acids is 1. The topological polar surface area (TPSA) is 133 Å². The van der Waals surface area contributed by atoms with Crippen molar-refractivity contribution in [2.24, 2.45) is 0 Å². The molecule has 0 saturated carbocycles. The van der Waals surface area contributed by atoms with Crippen LogP contribution in [0.3, 0.4) is 0 Å². The van der Waals surface area contributed by atoms with Crippen molar-refractivity contribution in [1.82, 2.24) is 10.2 Å². The lowest BCUT2D eigenvalue weighted by molar-refractivity contribution is -0.384. The Hall–Kier alpha value is -2.52. The third-order valence-corrected chi connectivity index (χ3v) is 4.39. The molecule has 0 bridgehead atoms. The summed E-state index contributed by atoms with van der Waals surface area (Å²) in [5.74, 6) is -2.58. The fourth-order valence-corrected chi connectivity index (χ4v) is 3.24. The molecule has 0 aliphatic carbocycles. The number of nitrogens with one attached hydrogen (secondary N) is 1. The fourth-order valence-electron chi connectivity index (χ4n) is 3.24. The third-order valence-electron chi connectivity index (χ3n) is 4.39. The van der Waals surface area contributed by atoms with Crippen LogP contribution in [0.15, 0.2) is 24.3 Å². The van der Waals surface area contributed by atoms with E-state index >= 15 is 0 Å². The van der Waals surface area contributed by atoms with Crippen LogP contribution in [0, 0.1) is 10.1 Å². The number of carboxylic acid groups (broad SMARTS) is 1. The van der Waals surface area contributed by atoms with E-state index in [-0.39, 0.29) is 5.69 Å². The predicted molar refractivity (Wildman–Crippen MR) is 87.9 cm³/mol. The Morgan fingerprint density at radius 3 is 2.56 bits per heavy atom. The van der Waals surface area contributed by atoms with Gasteiger partial charge in [-0.3, -0.25) is 24.6 Å². The van der Waals surface area contributed by atoms with Crippen molar-refractivity contribution in [3.05, 3.63) is 39.9 Å². The zero-order chi connectivity index (χ0) is 18.6. The van der Waals surface area contributed by atoms with E-state index in [9.17, 15) is 24.8 Å². The van der Waals surface area contributed by atoms with Gasteiger partial charge < -0.3 is 15.5 Å². The number of aliphatic carboxylic acids is 1. The number of nitrogens with zero attached hydrogens (tertiary/aromatic N) is 2. The molecule has 2 rings (SSSR count). The number of likely N-dealkylation sites (tertiary alicyclic amines) is 1. The molecule has 1 unspecified atom stereocenters. The lowest BCUT2D eigenvalue weighted by atomic mass is 9.87. The molecule has 0 spiro atoms. The summed E-state index contributed by atoms with van der Waals surface area (Å²) in [5, 5.41) is 32.9. The molecule has 0 radical (unpaired) electrons. The Balaban J connectivity index is 2.32. The highest BCUT2D eigenvalue weighted by Crippen LogP contribution is 2.41. The molecule has 9 heteroatoms. The van der Waals surface area contributed by atoms with E-state index in [0.717, 1.165) is 0 Å². The molecular formula is C16H21N3O6. The van der Waals surface area contributed by atoms with Gasteiger partial charge in [-0.2, -0.15) is 0 Å². The van der Waals surface area contributed by atoms with Gasteiger partial charge in [0.2, 0.25) is 5.72 Å². The summed E-state index contributed by atoms with van der Waals surface area (Å²) in [6, 6.07) is 5.70. The number of amides is 1. The van der Waals surface area contributed by atoms with Gasteiger partial charge in [0.15, 0.2) is 0 Å². The Bertz CT molecular complexity index is 662. The third kappa shape index (κ3) is 3.77. The smallest absolute Gasteiger partial charge is 0.322 e. The van der Waals surface area contributed by atoms with Crippen LogP contribution in [0.4, 0.5) is 5.69 Å². The number of hydrogen-bond donors (Lipinski definition) is 3. The van der Waals surface area contributed by atoms with Gasteiger partial charge in [0.05, 0.1) is 4.92 Å². The van der Waals surface area contributed by atoms with E-state index in [1.807, 2.05) is 6.92 Å². The van der Waals surface area contributed by atoms with Gasteiger partial charge in [0.1, 0.15) is 6.54 Å². The number of nitro groups is 1. The first-order chi connectivity index (χ1) is 11.8. The summed E-state index contributed by atoms with van der Waals surface area (Å²) in [4.78, 5) is 35.1. The lowest BCUT2D eigenvalue weighted by Gasteiger charge is -2.36. The highest BCUT2D eigenvalue weighted by Gasteiger charge is 2.53. The van der Waals surface area contributed by atoms with Crippen molar-refractivity contribution in [2.75, 3.05) is 19.6 Å². The number of carbonyl (C=O) groups is 2. The molecule has 1 heterocycles. The van der Waals surface area contributed by atoms with Crippen molar-refractivity contribution in [3.63, 3.8) is 0 Å². The van der Waals surface area contributed by atoms with Crippen LogP contribution < -0.4 is 5.32 Å². The molecule has 1 aliphatic heterocycles. The van der Waals surface area contributed by atoms with Crippen LogP contribution in [0.2, 0.25) is 0 Å². The van der Waals surface area contributed by atoms with Crippen molar-refractivity contribution in [3.8, 4) is 0 Å². The Morgan fingerprint density at radius 2 is 2.04 bits per heavy atom. The van der Waals surface area contributed by atoms with Gasteiger partial charge in [-0.05, 0) is 18.4 Å². The minimum Gasteiger partial charge on any atom is -0.480 e. The van der Waals surface area contributed by atoms with Crippen molar-refractivity contribution in [2.45, 2.75) is 31.4 Å². The van der Waals surface area contributed by atoms with Crippen LogP contribution in [0.25, 0.3) is 0 Å². The number of carboxylic acids is 1. The summed E-state index contributed by atoms with van der Waals surface area (Å²) >= 11 is 0. The zero-order valence-electron chi connectivity index (χ0n) is 13.8. The number of rotatable bonds is 7. The monoisotopic (exact) mass is 351 g/mol. The summed E-state index contributed by atoms with van der Waals surface area (Å²) < 4.78 is 0. The quantitative estimate of drug-likeness (QED) is 0.486. The predicted octanol–water partition coefficient (Wildman–Crippen LogP) is 0.683. The molecule has 1 amide bonds. The maximum absolute atomic E-state index is 12.5. The first kappa shape index (κ1) is 18.8. The van der Waals surface area contributed by atoms with Crippen molar-refractivity contribution >= 4 is 17.6 Å². The van der Waals surface area contributed by atoms with Gasteiger partial charge >= 0.3 is 5.97 Å². The molecule has 9 nitrogen and oxygen atoms in total. The fraction of sp³-hybridized carbons (Fsp3) is 0.500. The first-order valence-corrected chi connectivity index (χ1v) is 8.02. The van der Waals surface area contributed by atoms with Gasteiger partial charge in [0.25, 0.3) is 11.6 Å². The van der Waals surface area contributed by atoms with E-state index in [0.29, 0.717) is 31.5 Å². The molecule has 1 aliphatic rings. The second kappa shape index (κ2) is 7.58. The van der Waals surface area contributed by atoms with E-state index in [2.05, 4.69) is 5.32 Å². The van der Waals surface area contributed by atoms with E-state index in [1.165, 1.54) is 24.3 Å². The van der Waals surface area contributed by atoms with Gasteiger partial charge in [-0.1, -0.05) is 19.1 Å². The number of hydrogen-bond acceptors (Lipinski definition) is 6. The number of non-ortho nitro benzene ring substituents is 1. The first-order valence-electron chi connectivity index (χ1n) is 8.02. The summed E-state index contributed by atoms with van der Waals surface area (Å²) in [7, 11) is 0. The van der Waals surface area contributed by atoms with Crippen LogP contribution >= 0.6 is 0 Å². The summed E-state index contributed by atoms with van der Waals surface area (Å²) in [5.41, 5.74) is -1.37. The van der Waals surface area contributed by atoms with Gasteiger partial charge in [0, 0.05) is 31.1 Å². The van der Waals surface area contributed by atoms with Crippen LogP contribution in [-0.4, -0.2) is 57.3 Å². The van der Waals surface area contributed by atoms with Gasteiger partial charge in [-0.25, -0.2) is 0 Å². The molecule has 2 atom stereocenters. The van der Waals surface area contributed by atoms with Gasteiger partial charge in [-0.15, -0.1) is 0 Å². The summed E-state index contributed by atoms with van der Waals surface area (Å²) in [6.45, 7) is 2.26. The number of aliphatic hydroxyl groups is 1. The van der Waals surface area contributed by atoms with E-state index in [4.69, 9.17) is 5.11 Å². The highest BCUT2D eigenvalue weighted by molar-refractivity contribution is 5.88. The Kier molecular flexibility index (Phi) is 5.70. The van der Waals surface area contributed by atoms with Crippen LogP contribution in [-0.2, 0) is 9.59 Å². The molecule has 0 aromatic heterocycles. The molecular weight excluding hydrogens is 330 g/mol. The van der Waals surface area contributed by atoms with Crippen molar-refractivity contribution in [1.29, 1.82) is 0 Å². The maximum Gasteiger partial charge on any atom is 0.322 e. The molecule has 136 valence electrons. The average molecular weight is 351 g/mol. The molecule has 1 aromatic carbocycles. The molecule has 1 saturated heterocycles. The molecule has 3 N–H and O–H groups in total. The minimum atomic E-state index is -1.89. The standard InChI is InChI=1S/C16H21N3O6/c1-2-8-18-9-7-13(11-3-5-12(6-4-11)19(24)25)16(18,23)15(22)17-10-14(20)21/h3-6,13,23H,2,7-10H2,1H3,(H,17,22)(H,20,21)/t13?,16-/m1/s1. The van der Waals surface area contributed by atoms with Crippen LogP contribution in [0.5, 0.6) is 0 Å². The molecule has 1 fully saturated rings.